The van der Waals surface area contributed by atoms with E-state index in [-0.39, 0.29) is 12.1 Å². The van der Waals surface area contributed by atoms with Gasteiger partial charge in [-0.1, -0.05) is 6.07 Å². The van der Waals surface area contributed by atoms with Gasteiger partial charge >= 0.3 is 6.09 Å². The molecule has 1 N–H and O–H groups in total. The molecule has 1 atom stereocenters. The molecule has 2 aliphatic rings. The molecule has 0 aliphatic carbocycles. The summed E-state index contributed by atoms with van der Waals surface area (Å²) >= 11 is 0. The largest absolute Gasteiger partial charge is 0.444 e. The van der Waals surface area contributed by atoms with Crippen LogP contribution in [0.5, 0.6) is 0 Å². The summed E-state index contributed by atoms with van der Waals surface area (Å²) in [6.07, 6.45) is 1.70. The zero-order valence-electron chi connectivity index (χ0n) is 15.9. The number of carbonyl (C=O) groups is 1. The van der Waals surface area contributed by atoms with Crippen LogP contribution >= 0.6 is 0 Å². The Balaban J connectivity index is 1.35. The number of aliphatic imine (C=N–C) groups is 1. The van der Waals surface area contributed by atoms with E-state index >= 15 is 0 Å². The quantitative estimate of drug-likeness (QED) is 0.851. The van der Waals surface area contributed by atoms with E-state index in [1.807, 2.05) is 49.6 Å². The lowest BCUT2D eigenvalue weighted by atomic mass is 10.2. The summed E-state index contributed by atoms with van der Waals surface area (Å²) < 4.78 is 7.45. The molecule has 2 aromatic heterocycles. The van der Waals surface area contributed by atoms with E-state index in [1.165, 1.54) is 0 Å². The second-order valence-corrected chi connectivity index (χ2v) is 7.84. The summed E-state index contributed by atoms with van der Waals surface area (Å²) in [6.45, 7) is 8.85. The lowest BCUT2D eigenvalue weighted by Crippen LogP contribution is -2.57. The molecule has 0 radical (unpaired) electrons. The van der Waals surface area contributed by atoms with Crippen LogP contribution in [0.25, 0.3) is 5.65 Å². The fraction of sp³-hybridized carbons (Fsp3) is 0.556. The smallest absolute Gasteiger partial charge is 0.410 e. The minimum atomic E-state index is -0.478. The number of hydrogen-bond acceptors (Lipinski definition) is 7. The number of nitrogens with one attached hydrogen (secondary N) is 1. The van der Waals surface area contributed by atoms with Crippen LogP contribution in [0.15, 0.2) is 29.4 Å². The first-order valence-corrected chi connectivity index (χ1v) is 9.22. The third kappa shape index (κ3) is 3.67. The Morgan fingerprint density at radius 3 is 2.96 bits per heavy atom. The van der Waals surface area contributed by atoms with Gasteiger partial charge in [0.1, 0.15) is 5.60 Å². The molecule has 2 aromatic rings. The van der Waals surface area contributed by atoms with Gasteiger partial charge in [-0.15, -0.1) is 10.2 Å². The third-order valence-electron chi connectivity index (χ3n) is 4.65. The summed E-state index contributed by atoms with van der Waals surface area (Å²) in [5.41, 5.74) is 0.347. The Hall–Kier alpha value is -2.84. The summed E-state index contributed by atoms with van der Waals surface area (Å²) in [7, 11) is 0. The van der Waals surface area contributed by atoms with Crippen LogP contribution in [0, 0.1) is 0 Å². The number of ether oxygens (including phenoxy) is 1. The molecule has 1 fully saturated rings. The minimum absolute atomic E-state index is 0.184. The lowest BCUT2D eigenvalue weighted by Gasteiger charge is -2.39. The van der Waals surface area contributed by atoms with Gasteiger partial charge in [0.05, 0.1) is 19.1 Å². The molecule has 0 bridgehead atoms. The van der Waals surface area contributed by atoms with Crippen molar-refractivity contribution in [3.8, 4) is 0 Å². The van der Waals surface area contributed by atoms with Crippen molar-refractivity contribution >= 4 is 17.7 Å². The minimum Gasteiger partial charge on any atom is -0.444 e. The first-order valence-electron chi connectivity index (χ1n) is 9.22. The number of nitrogens with zero attached hydrogens (tertiary/aromatic N) is 6. The van der Waals surface area contributed by atoms with Crippen molar-refractivity contribution in [3.63, 3.8) is 0 Å². The maximum atomic E-state index is 12.3. The van der Waals surface area contributed by atoms with Crippen molar-refractivity contribution in [2.45, 2.75) is 39.0 Å². The first-order chi connectivity index (χ1) is 12.9. The second kappa shape index (κ2) is 6.71. The zero-order valence-corrected chi connectivity index (χ0v) is 15.9. The standard InChI is InChI=1S/C18H25N7O2/c1-18(2,3)27-17(26)23-8-9-24-13(12-23)10-19-16(24)20-11-15-22-21-14-6-4-5-7-25(14)15/h4-7,13H,8-12H2,1-3H3,(H,19,20). The van der Waals surface area contributed by atoms with Crippen molar-refractivity contribution in [2.75, 3.05) is 26.2 Å². The van der Waals surface area contributed by atoms with Crippen LogP contribution in [0.1, 0.15) is 26.6 Å². The summed E-state index contributed by atoms with van der Waals surface area (Å²) in [5.74, 6) is 1.70. The Kier molecular flexibility index (Phi) is 4.37. The number of pyridine rings is 1. The van der Waals surface area contributed by atoms with Gasteiger partial charge in [0, 0.05) is 25.8 Å². The molecule has 0 aromatic carbocycles. The predicted molar refractivity (Wildman–Crippen MR) is 100 cm³/mol. The molecule has 9 nitrogen and oxygen atoms in total. The Morgan fingerprint density at radius 1 is 1.30 bits per heavy atom. The van der Waals surface area contributed by atoms with Crippen LogP contribution in [-0.2, 0) is 11.3 Å². The molecule has 0 spiro atoms. The highest BCUT2D eigenvalue weighted by atomic mass is 16.6. The number of rotatable bonds is 2. The number of fused-ring (bicyclic) bond motifs is 2. The number of carbonyl (C=O) groups excluding carboxylic acids is 1. The number of amides is 1. The van der Waals surface area contributed by atoms with Gasteiger partial charge in [0.15, 0.2) is 17.4 Å². The number of piperazine rings is 1. The second-order valence-electron chi connectivity index (χ2n) is 7.84. The highest BCUT2D eigenvalue weighted by molar-refractivity contribution is 5.82. The van der Waals surface area contributed by atoms with Gasteiger partial charge < -0.3 is 19.9 Å². The van der Waals surface area contributed by atoms with E-state index in [0.29, 0.717) is 26.2 Å². The van der Waals surface area contributed by atoms with Crippen LogP contribution < -0.4 is 5.32 Å². The Morgan fingerprint density at radius 2 is 2.15 bits per heavy atom. The normalized spacial score (nSPS) is 19.8. The Bertz CT molecular complexity index is 870. The Labute approximate surface area is 158 Å². The molecular formula is C18H25N7O2. The average Bonchev–Trinajstić information content (AvgIpc) is 3.22. The number of aromatic nitrogens is 3. The molecule has 4 heterocycles. The summed E-state index contributed by atoms with van der Waals surface area (Å²) in [5, 5.41) is 11.8. The van der Waals surface area contributed by atoms with Crippen molar-refractivity contribution in [1.82, 2.24) is 29.7 Å². The van der Waals surface area contributed by atoms with E-state index < -0.39 is 5.60 Å². The fourth-order valence-corrected chi connectivity index (χ4v) is 3.39. The van der Waals surface area contributed by atoms with Gasteiger partial charge in [-0.05, 0) is 32.9 Å². The van der Waals surface area contributed by atoms with E-state index in [0.717, 1.165) is 24.0 Å². The van der Waals surface area contributed by atoms with Crippen LogP contribution in [0.4, 0.5) is 4.79 Å². The zero-order chi connectivity index (χ0) is 19.0. The molecular weight excluding hydrogens is 346 g/mol. The highest BCUT2D eigenvalue weighted by Crippen LogP contribution is 2.18. The van der Waals surface area contributed by atoms with Gasteiger partial charge in [-0.2, -0.15) is 0 Å². The summed E-state index contributed by atoms with van der Waals surface area (Å²) in [6, 6.07) is 6.01. The predicted octanol–water partition coefficient (Wildman–Crippen LogP) is 1.11. The van der Waals surface area contributed by atoms with Crippen LogP contribution in [0.2, 0.25) is 0 Å². The van der Waals surface area contributed by atoms with Gasteiger partial charge in [-0.3, -0.25) is 9.39 Å². The lowest BCUT2D eigenvalue weighted by molar-refractivity contribution is 0.0137. The molecule has 1 amide bonds. The highest BCUT2D eigenvalue weighted by Gasteiger charge is 2.36. The van der Waals surface area contributed by atoms with Gasteiger partial charge in [0.25, 0.3) is 0 Å². The maximum Gasteiger partial charge on any atom is 0.410 e. The molecule has 2 aliphatic heterocycles. The SMILES string of the molecule is CC(C)(C)OC(=O)N1CCN2C(NCc3nnc4ccccn34)=NCC2C1. The number of guanidine groups is 1. The van der Waals surface area contributed by atoms with Crippen molar-refractivity contribution in [3.05, 3.63) is 30.2 Å². The molecule has 27 heavy (non-hydrogen) atoms. The topological polar surface area (TPSA) is 87.4 Å². The van der Waals surface area contributed by atoms with Crippen LogP contribution in [-0.4, -0.2) is 74.3 Å². The number of hydrogen-bond donors (Lipinski definition) is 1. The fourth-order valence-electron chi connectivity index (χ4n) is 3.39. The van der Waals surface area contributed by atoms with E-state index in [1.54, 1.807) is 4.90 Å². The van der Waals surface area contributed by atoms with Crippen LogP contribution in [0.3, 0.4) is 0 Å². The summed E-state index contributed by atoms with van der Waals surface area (Å²) in [4.78, 5) is 20.9. The average molecular weight is 371 g/mol. The first kappa shape index (κ1) is 17.6. The van der Waals surface area contributed by atoms with E-state index in [9.17, 15) is 4.79 Å². The molecule has 0 saturated carbocycles. The molecule has 9 heteroatoms. The maximum absolute atomic E-state index is 12.3. The molecule has 1 saturated heterocycles. The van der Waals surface area contributed by atoms with Gasteiger partial charge in [-0.25, -0.2) is 4.79 Å². The molecule has 4 rings (SSSR count). The molecule has 1 unspecified atom stereocenters. The van der Waals surface area contributed by atoms with E-state index in [2.05, 4.69) is 25.4 Å². The monoisotopic (exact) mass is 371 g/mol. The third-order valence-corrected chi connectivity index (χ3v) is 4.65. The van der Waals surface area contributed by atoms with Crippen molar-refractivity contribution in [1.29, 1.82) is 0 Å². The van der Waals surface area contributed by atoms with Gasteiger partial charge in [0.2, 0.25) is 0 Å². The van der Waals surface area contributed by atoms with Crippen molar-refractivity contribution < 1.29 is 9.53 Å². The van der Waals surface area contributed by atoms with Crippen molar-refractivity contribution in [2.24, 2.45) is 4.99 Å². The molecule has 144 valence electrons. The van der Waals surface area contributed by atoms with E-state index in [4.69, 9.17) is 4.74 Å².